The minimum atomic E-state index is 0.144. The lowest BCUT2D eigenvalue weighted by molar-refractivity contribution is 0.141. The van der Waals surface area contributed by atoms with E-state index in [2.05, 4.69) is 11.5 Å². The van der Waals surface area contributed by atoms with Crippen molar-refractivity contribution < 1.29 is 9.47 Å². The molecule has 18 heavy (non-hydrogen) atoms. The number of nitrogens with one attached hydrogen (secondary N) is 1. The first-order valence-corrected chi connectivity index (χ1v) is 6.58. The standard InChI is InChI=1S/C14H24N2O2/c1-3-17-10-6-9-14(16-15)12-7-5-8-13(11-12)18-4-2/h5,7-8,11,14,16H,3-4,6,9-10,15H2,1-2H3. The molecule has 1 aromatic rings. The summed E-state index contributed by atoms with van der Waals surface area (Å²) in [5, 5.41) is 0. The van der Waals surface area contributed by atoms with Crippen LogP contribution < -0.4 is 16.0 Å². The summed E-state index contributed by atoms with van der Waals surface area (Å²) >= 11 is 0. The van der Waals surface area contributed by atoms with E-state index >= 15 is 0 Å². The summed E-state index contributed by atoms with van der Waals surface area (Å²) in [6, 6.07) is 8.20. The summed E-state index contributed by atoms with van der Waals surface area (Å²) in [5.74, 6) is 6.50. The molecule has 102 valence electrons. The summed E-state index contributed by atoms with van der Waals surface area (Å²) in [6.07, 6.45) is 1.94. The minimum absolute atomic E-state index is 0.144. The zero-order chi connectivity index (χ0) is 13.2. The van der Waals surface area contributed by atoms with Crippen molar-refractivity contribution in [3.8, 4) is 5.75 Å². The third-order valence-electron chi connectivity index (χ3n) is 2.76. The molecule has 0 aliphatic rings. The molecule has 1 aromatic carbocycles. The fourth-order valence-electron chi connectivity index (χ4n) is 1.87. The van der Waals surface area contributed by atoms with Crippen LogP contribution >= 0.6 is 0 Å². The van der Waals surface area contributed by atoms with Crippen LogP contribution in [-0.2, 0) is 4.74 Å². The van der Waals surface area contributed by atoms with Gasteiger partial charge in [0.05, 0.1) is 6.61 Å². The number of hydrogen-bond donors (Lipinski definition) is 2. The molecule has 0 aliphatic heterocycles. The number of ether oxygens (including phenoxy) is 2. The van der Waals surface area contributed by atoms with Crippen LogP contribution in [0.1, 0.15) is 38.3 Å². The van der Waals surface area contributed by atoms with Crippen LogP contribution in [0.25, 0.3) is 0 Å². The monoisotopic (exact) mass is 252 g/mol. The molecule has 0 aromatic heterocycles. The molecule has 0 bridgehead atoms. The third-order valence-corrected chi connectivity index (χ3v) is 2.76. The molecule has 0 amide bonds. The van der Waals surface area contributed by atoms with Crippen molar-refractivity contribution in [2.24, 2.45) is 5.84 Å². The summed E-state index contributed by atoms with van der Waals surface area (Å²) in [4.78, 5) is 0. The van der Waals surface area contributed by atoms with Gasteiger partial charge >= 0.3 is 0 Å². The number of hydrazine groups is 1. The zero-order valence-electron chi connectivity index (χ0n) is 11.3. The molecule has 0 aliphatic carbocycles. The molecule has 1 atom stereocenters. The smallest absolute Gasteiger partial charge is 0.119 e. The van der Waals surface area contributed by atoms with Gasteiger partial charge in [-0.1, -0.05) is 12.1 Å². The van der Waals surface area contributed by atoms with Crippen LogP contribution in [0.3, 0.4) is 0 Å². The Morgan fingerprint density at radius 3 is 2.78 bits per heavy atom. The Morgan fingerprint density at radius 2 is 2.11 bits per heavy atom. The van der Waals surface area contributed by atoms with Crippen molar-refractivity contribution in [1.82, 2.24) is 5.43 Å². The highest BCUT2D eigenvalue weighted by Crippen LogP contribution is 2.22. The highest BCUT2D eigenvalue weighted by atomic mass is 16.5. The second kappa shape index (κ2) is 8.91. The largest absolute Gasteiger partial charge is 0.494 e. The van der Waals surface area contributed by atoms with Gasteiger partial charge in [0, 0.05) is 19.3 Å². The molecular weight excluding hydrogens is 228 g/mol. The number of benzene rings is 1. The minimum Gasteiger partial charge on any atom is -0.494 e. The lowest BCUT2D eigenvalue weighted by Crippen LogP contribution is -2.28. The van der Waals surface area contributed by atoms with E-state index < -0.39 is 0 Å². The van der Waals surface area contributed by atoms with Gasteiger partial charge in [-0.15, -0.1) is 0 Å². The molecule has 0 heterocycles. The average molecular weight is 252 g/mol. The molecule has 0 fully saturated rings. The Bertz CT molecular complexity index is 331. The fraction of sp³-hybridized carbons (Fsp3) is 0.571. The number of nitrogens with two attached hydrogens (primary N) is 1. The summed E-state index contributed by atoms with van der Waals surface area (Å²) < 4.78 is 10.8. The van der Waals surface area contributed by atoms with Crippen molar-refractivity contribution in [3.63, 3.8) is 0 Å². The Kier molecular flexibility index (Phi) is 7.41. The summed E-state index contributed by atoms with van der Waals surface area (Å²) in [5.41, 5.74) is 4.01. The van der Waals surface area contributed by atoms with Gasteiger partial charge in [-0.3, -0.25) is 11.3 Å². The second-order valence-electron chi connectivity index (χ2n) is 4.06. The van der Waals surface area contributed by atoms with Crippen LogP contribution in [0, 0.1) is 0 Å². The first-order chi connectivity index (χ1) is 8.81. The van der Waals surface area contributed by atoms with E-state index in [-0.39, 0.29) is 6.04 Å². The van der Waals surface area contributed by atoms with Gasteiger partial charge in [-0.25, -0.2) is 0 Å². The lowest BCUT2D eigenvalue weighted by Gasteiger charge is -2.17. The van der Waals surface area contributed by atoms with Gasteiger partial charge in [0.2, 0.25) is 0 Å². The molecule has 4 nitrogen and oxygen atoms in total. The molecule has 0 saturated heterocycles. The molecule has 1 rings (SSSR count). The molecule has 3 N–H and O–H groups in total. The Balaban J connectivity index is 2.54. The van der Waals surface area contributed by atoms with Crippen LogP contribution in [0.2, 0.25) is 0 Å². The topological polar surface area (TPSA) is 56.5 Å². The van der Waals surface area contributed by atoms with E-state index in [9.17, 15) is 0 Å². The molecule has 4 heteroatoms. The van der Waals surface area contributed by atoms with E-state index in [1.54, 1.807) is 0 Å². The van der Waals surface area contributed by atoms with Crippen molar-refractivity contribution in [1.29, 1.82) is 0 Å². The number of hydrogen-bond acceptors (Lipinski definition) is 4. The Morgan fingerprint density at radius 1 is 1.28 bits per heavy atom. The lowest BCUT2D eigenvalue weighted by atomic mass is 10.0. The third kappa shape index (κ3) is 5.04. The molecule has 1 unspecified atom stereocenters. The molecule has 0 saturated carbocycles. The van der Waals surface area contributed by atoms with Crippen molar-refractivity contribution in [3.05, 3.63) is 29.8 Å². The molecule has 0 spiro atoms. The number of rotatable bonds is 9. The van der Waals surface area contributed by atoms with Crippen LogP contribution in [-0.4, -0.2) is 19.8 Å². The SMILES string of the molecule is CCOCCCC(NN)c1cccc(OCC)c1. The van der Waals surface area contributed by atoms with Crippen molar-refractivity contribution in [2.75, 3.05) is 19.8 Å². The normalized spacial score (nSPS) is 12.4. The maximum atomic E-state index is 5.61. The van der Waals surface area contributed by atoms with E-state index in [4.69, 9.17) is 15.3 Å². The summed E-state index contributed by atoms with van der Waals surface area (Å²) in [7, 11) is 0. The Hall–Kier alpha value is -1.10. The summed E-state index contributed by atoms with van der Waals surface area (Å²) in [6.45, 7) is 6.20. The molecular formula is C14H24N2O2. The fourth-order valence-corrected chi connectivity index (χ4v) is 1.87. The van der Waals surface area contributed by atoms with Gasteiger partial charge < -0.3 is 9.47 Å². The molecule has 0 radical (unpaired) electrons. The average Bonchev–Trinajstić information content (AvgIpc) is 2.40. The van der Waals surface area contributed by atoms with E-state index in [1.165, 1.54) is 0 Å². The van der Waals surface area contributed by atoms with Crippen molar-refractivity contribution in [2.45, 2.75) is 32.7 Å². The van der Waals surface area contributed by atoms with Gasteiger partial charge in [-0.2, -0.15) is 0 Å². The first kappa shape index (κ1) is 15.0. The van der Waals surface area contributed by atoms with E-state index in [1.807, 2.05) is 32.0 Å². The predicted molar refractivity (Wildman–Crippen MR) is 73.4 cm³/mol. The second-order valence-corrected chi connectivity index (χ2v) is 4.06. The van der Waals surface area contributed by atoms with Gasteiger partial charge in [0.15, 0.2) is 0 Å². The predicted octanol–water partition coefficient (Wildman–Crippen LogP) is 2.41. The Labute approximate surface area is 109 Å². The van der Waals surface area contributed by atoms with Gasteiger partial charge in [-0.05, 0) is 44.4 Å². The maximum Gasteiger partial charge on any atom is 0.119 e. The maximum absolute atomic E-state index is 5.61. The van der Waals surface area contributed by atoms with Gasteiger partial charge in [0.1, 0.15) is 5.75 Å². The van der Waals surface area contributed by atoms with E-state index in [0.29, 0.717) is 6.61 Å². The van der Waals surface area contributed by atoms with Gasteiger partial charge in [0.25, 0.3) is 0 Å². The highest BCUT2D eigenvalue weighted by Gasteiger charge is 2.10. The van der Waals surface area contributed by atoms with E-state index in [0.717, 1.165) is 37.4 Å². The van der Waals surface area contributed by atoms with Crippen molar-refractivity contribution >= 4 is 0 Å². The van der Waals surface area contributed by atoms with Crippen LogP contribution in [0.5, 0.6) is 5.75 Å². The highest BCUT2D eigenvalue weighted by molar-refractivity contribution is 5.30. The van der Waals surface area contributed by atoms with Crippen LogP contribution in [0.15, 0.2) is 24.3 Å². The van der Waals surface area contributed by atoms with Crippen LogP contribution in [0.4, 0.5) is 0 Å². The zero-order valence-corrected chi connectivity index (χ0v) is 11.3. The quantitative estimate of drug-likeness (QED) is 0.402. The first-order valence-electron chi connectivity index (χ1n) is 6.58.